The number of hydrogen-bond acceptors (Lipinski definition) is 2. The molecule has 2 atom stereocenters. The number of hydrogen-bond donors (Lipinski definition) is 1. The van der Waals surface area contributed by atoms with Crippen molar-refractivity contribution < 1.29 is 4.74 Å². The number of benzene rings is 1. The molecule has 1 aromatic carbocycles. The summed E-state index contributed by atoms with van der Waals surface area (Å²) >= 11 is 0. The van der Waals surface area contributed by atoms with E-state index in [1.807, 2.05) is 18.2 Å². The first kappa shape index (κ1) is 9.11. The number of ether oxygens (including phenoxy) is 1. The molecule has 0 saturated carbocycles. The molecule has 2 heteroatoms. The third kappa shape index (κ3) is 1.47. The molecule has 0 aromatic heterocycles. The van der Waals surface area contributed by atoms with Crippen molar-refractivity contribution in [3.8, 4) is 18.1 Å². The number of nitrogens with two attached hydrogens (primary N) is 1. The Kier molecular flexibility index (Phi) is 2.43. The average Bonchev–Trinajstić information content (AvgIpc) is 2.61. The Hall–Kier alpha value is -1.46. The summed E-state index contributed by atoms with van der Waals surface area (Å²) in [7, 11) is 0. The highest BCUT2D eigenvalue weighted by Crippen LogP contribution is 2.35. The van der Waals surface area contributed by atoms with Crippen LogP contribution in [0, 0.1) is 12.3 Å². The maximum Gasteiger partial charge on any atom is 0.122 e. The molecule has 0 aliphatic carbocycles. The third-order valence-corrected chi connectivity index (χ3v) is 2.61. The van der Waals surface area contributed by atoms with Crippen LogP contribution in [0.3, 0.4) is 0 Å². The average molecular weight is 187 g/mol. The highest BCUT2D eigenvalue weighted by Gasteiger charge is 2.28. The molecular weight excluding hydrogens is 174 g/mol. The number of para-hydroxylation sites is 1. The lowest BCUT2D eigenvalue weighted by molar-refractivity contribution is 0.315. The van der Waals surface area contributed by atoms with E-state index in [1.54, 1.807) is 0 Å². The minimum Gasteiger partial charge on any atom is -0.493 e. The van der Waals surface area contributed by atoms with Crippen molar-refractivity contribution >= 4 is 0 Å². The van der Waals surface area contributed by atoms with Crippen LogP contribution in [0.4, 0.5) is 0 Å². The molecule has 2 N–H and O–H groups in total. The third-order valence-electron chi connectivity index (χ3n) is 2.61. The number of rotatable bonds is 2. The second kappa shape index (κ2) is 3.73. The fourth-order valence-electron chi connectivity index (χ4n) is 1.82. The minimum absolute atomic E-state index is 0.00338. The highest BCUT2D eigenvalue weighted by atomic mass is 16.5. The summed E-state index contributed by atoms with van der Waals surface area (Å²) in [5.41, 5.74) is 7.17. The van der Waals surface area contributed by atoms with Crippen LogP contribution in [-0.2, 0) is 0 Å². The molecule has 2 nitrogen and oxygen atoms in total. The Bertz CT molecular complexity index is 367. The first-order valence-electron chi connectivity index (χ1n) is 4.73. The first-order chi connectivity index (χ1) is 6.83. The van der Waals surface area contributed by atoms with Gasteiger partial charge >= 0.3 is 0 Å². The molecule has 1 aliphatic rings. The molecule has 0 radical (unpaired) electrons. The summed E-state index contributed by atoms with van der Waals surface area (Å²) in [6.45, 7) is 0.655. The number of fused-ring (bicyclic) bond motifs is 1. The van der Waals surface area contributed by atoms with Gasteiger partial charge in [-0.15, -0.1) is 12.3 Å². The highest BCUT2D eigenvalue weighted by molar-refractivity contribution is 5.40. The van der Waals surface area contributed by atoms with E-state index in [9.17, 15) is 0 Å². The molecule has 14 heavy (non-hydrogen) atoms. The van der Waals surface area contributed by atoms with Crippen molar-refractivity contribution in [3.63, 3.8) is 0 Å². The molecule has 0 amide bonds. The van der Waals surface area contributed by atoms with Gasteiger partial charge < -0.3 is 10.5 Å². The minimum atomic E-state index is 0.00338. The van der Waals surface area contributed by atoms with Crippen LogP contribution in [0.25, 0.3) is 0 Å². The SMILES string of the molecule is C#CCC(N)C1COc2ccccc21. The zero-order valence-corrected chi connectivity index (χ0v) is 7.94. The molecule has 0 fully saturated rings. The fourth-order valence-corrected chi connectivity index (χ4v) is 1.82. The van der Waals surface area contributed by atoms with Crippen molar-refractivity contribution in [3.05, 3.63) is 29.8 Å². The van der Waals surface area contributed by atoms with Crippen molar-refractivity contribution in [2.75, 3.05) is 6.61 Å². The lowest BCUT2D eigenvalue weighted by atomic mass is 9.92. The van der Waals surface area contributed by atoms with Gasteiger partial charge in [0.1, 0.15) is 5.75 Å². The van der Waals surface area contributed by atoms with Gasteiger partial charge in [-0.1, -0.05) is 18.2 Å². The van der Waals surface area contributed by atoms with Crippen molar-refractivity contribution in [2.24, 2.45) is 5.73 Å². The van der Waals surface area contributed by atoms with Gasteiger partial charge in [-0.2, -0.15) is 0 Å². The van der Waals surface area contributed by atoms with Crippen molar-refractivity contribution in [1.82, 2.24) is 0 Å². The van der Waals surface area contributed by atoms with E-state index in [2.05, 4.69) is 12.0 Å². The normalized spacial score (nSPS) is 20.7. The summed E-state index contributed by atoms with van der Waals surface area (Å²) in [5, 5.41) is 0. The van der Waals surface area contributed by atoms with Gasteiger partial charge in [0.05, 0.1) is 6.61 Å². The van der Waals surface area contributed by atoms with Gasteiger partial charge in [-0.3, -0.25) is 0 Å². The van der Waals surface area contributed by atoms with Gasteiger partial charge in [-0.25, -0.2) is 0 Å². The molecule has 1 heterocycles. The molecule has 1 aliphatic heterocycles. The van der Waals surface area contributed by atoms with Crippen LogP contribution in [-0.4, -0.2) is 12.6 Å². The number of terminal acetylenes is 1. The van der Waals surface area contributed by atoms with E-state index in [1.165, 1.54) is 5.56 Å². The summed E-state index contributed by atoms with van der Waals surface area (Å²) < 4.78 is 5.53. The topological polar surface area (TPSA) is 35.2 Å². The monoisotopic (exact) mass is 187 g/mol. The molecule has 0 spiro atoms. The van der Waals surface area contributed by atoms with Crippen LogP contribution in [0.5, 0.6) is 5.75 Å². The van der Waals surface area contributed by atoms with E-state index < -0.39 is 0 Å². The maximum absolute atomic E-state index is 5.98. The lowest BCUT2D eigenvalue weighted by Gasteiger charge is -2.15. The van der Waals surface area contributed by atoms with Gasteiger partial charge in [0.25, 0.3) is 0 Å². The Morgan fingerprint density at radius 1 is 1.57 bits per heavy atom. The lowest BCUT2D eigenvalue weighted by Crippen LogP contribution is -2.28. The molecule has 1 aromatic rings. The Balaban J connectivity index is 2.22. The van der Waals surface area contributed by atoms with Gasteiger partial charge in [0.2, 0.25) is 0 Å². The molecule has 72 valence electrons. The predicted molar refractivity (Wildman–Crippen MR) is 56.1 cm³/mol. The molecule has 0 bridgehead atoms. The van der Waals surface area contributed by atoms with Crippen molar-refractivity contribution in [2.45, 2.75) is 18.4 Å². The predicted octanol–water partition coefficient (Wildman–Crippen LogP) is 1.51. The zero-order valence-electron chi connectivity index (χ0n) is 7.94. The quantitative estimate of drug-likeness (QED) is 0.712. The van der Waals surface area contributed by atoms with Gasteiger partial charge in [0, 0.05) is 23.9 Å². The van der Waals surface area contributed by atoms with Crippen LogP contribution in [0.15, 0.2) is 24.3 Å². The van der Waals surface area contributed by atoms with Crippen LogP contribution < -0.4 is 10.5 Å². The van der Waals surface area contributed by atoms with Crippen LogP contribution in [0.2, 0.25) is 0 Å². The summed E-state index contributed by atoms with van der Waals surface area (Å²) in [4.78, 5) is 0. The van der Waals surface area contributed by atoms with E-state index in [0.29, 0.717) is 13.0 Å². The smallest absolute Gasteiger partial charge is 0.122 e. The fraction of sp³-hybridized carbons (Fsp3) is 0.333. The van der Waals surface area contributed by atoms with Gasteiger partial charge in [-0.05, 0) is 6.07 Å². The second-order valence-electron chi connectivity index (χ2n) is 3.53. The van der Waals surface area contributed by atoms with Crippen LogP contribution in [0.1, 0.15) is 17.9 Å². The van der Waals surface area contributed by atoms with Crippen molar-refractivity contribution in [1.29, 1.82) is 0 Å². The zero-order chi connectivity index (χ0) is 9.97. The molecule has 2 rings (SSSR count). The molecule has 0 saturated heterocycles. The largest absolute Gasteiger partial charge is 0.493 e. The first-order valence-corrected chi connectivity index (χ1v) is 4.73. The summed E-state index contributed by atoms with van der Waals surface area (Å²) in [6, 6.07) is 8.00. The standard InChI is InChI=1S/C12H13NO/c1-2-5-11(13)10-8-14-12-7-4-3-6-9(10)12/h1,3-4,6-7,10-11H,5,8,13H2. The van der Waals surface area contributed by atoms with Gasteiger partial charge in [0.15, 0.2) is 0 Å². The van der Waals surface area contributed by atoms with E-state index in [4.69, 9.17) is 16.9 Å². The Morgan fingerprint density at radius 2 is 2.36 bits per heavy atom. The summed E-state index contributed by atoms with van der Waals surface area (Å²) in [6.07, 6.45) is 5.85. The maximum atomic E-state index is 5.98. The van der Waals surface area contributed by atoms with E-state index >= 15 is 0 Å². The molecular formula is C12H13NO. The Labute approximate surface area is 84.1 Å². The van der Waals surface area contributed by atoms with E-state index in [-0.39, 0.29) is 12.0 Å². The Morgan fingerprint density at radius 3 is 3.14 bits per heavy atom. The summed E-state index contributed by atoms with van der Waals surface area (Å²) in [5.74, 6) is 3.80. The van der Waals surface area contributed by atoms with Crippen LogP contribution >= 0.6 is 0 Å². The van der Waals surface area contributed by atoms with E-state index in [0.717, 1.165) is 5.75 Å². The second-order valence-corrected chi connectivity index (χ2v) is 3.53. The molecule has 2 unspecified atom stereocenters.